The lowest BCUT2D eigenvalue weighted by Crippen LogP contribution is -2.52. The normalized spacial score (nSPS) is 22.3. The van der Waals surface area contributed by atoms with Crippen molar-refractivity contribution in [2.75, 3.05) is 39.3 Å². The van der Waals surface area contributed by atoms with E-state index in [1.165, 1.54) is 49.9 Å². The SMILES string of the molecule is O=C(NCc1ccc(CN2CCCC2)cc1)N1CCN(C2CC2)CC1. The fraction of sp³-hybridized carbons (Fsp3) is 0.650. The molecule has 0 bridgehead atoms. The van der Waals surface area contributed by atoms with Crippen molar-refractivity contribution in [3.05, 3.63) is 35.4 Å². The molecule has 1 aromatic rings. The lowest BCUT2D eigenvalue weighted by atomic mass is 10.1. The van der Waals surface area contributed by atoms with Gasteiger partial charge in [0.15, 0.2) is 0 Å². The van der Waals surface area contributed by atoms with Crippen LogP contribution in [0.15, 0.2) is 24.3 Å². The number of likely N-dealkylation sites (tertiary alicyclic amines) is 1. The summed E-state index contributed by atoms with van der Waals surface area (Å²) in [6, 6.07) is 9.59. The van der Waals surface area contributed by atoms with Gasteiger partial charge in [-0.3, -0.25) is 9.80 Å². The van der Waals surface area contributed by atoms with Gasteiger partial charge in [0.25, 0.3) is 0 Å². The first-order valence-corrected chi connectivity index (χ1v) is 9.85. The lowest BCUT2D eigenvalue weighted by Gasteiger charge is -2.34. The molecule has 2 aliphatic heterocycles. The summed E-state index contributed by atoms with van der Waals surface area (Å²) in [5.74, 6) is 0. The third-order valence-electron chi connectivity index (χ3n) is 5.74. The maximum atomic E-state index is 12.4. The van der Waals surface area contributed by atoms with Crippen LogP contribution in [-0.2, 0) is 13.1 Å². The highest BCUT2D eigenvalue weighted by molar-refractivity contribution is 5.74. The fourth-order valence-electron chi connectivity index (χ4n) is 3.98. The Morgan fingerprint density at radius 3 is 2.20 bits per heavy atom. The third-order valence-corrected chi connectivity index (χ3v) is 5.74. The topological polar surface area (TPSA) is 38.8 Å². The minimum atomic E-state index is 0.0802. The van der Waals surface area contributed by atoms with Crippen molar-refractivity contribution in [1.82, 2.24) is 20.0 Å². The van der Waals surface area contributed by atoms with E-state index in [0.717, 1.165) is 38.8 Å². The quantitative estimate of drug-likeness (QED) is 0.892. The van der Waals surface area contributed by atoms with Crippen LogP contribution < -0.4 is 5.32 Å². The number of hydrogen-bond donors (Lipinski definition) is 1. The molecule has 2 heterocycles. The average Bonchev–Trinajstić information content (AvgIpc) is 3.38. The summed E-state index contributed by atoms with van der Waals surface area (Å²) in [6.07, 6.45) is 5.36. The van der Waals surface area contributed by atoms with Crippen LogP contribution in [0.1, 0.15) is 36.8 Å². The molecule has 5 heteroatoms. The molecule has 1 saturated carbocycles. The van der Waals surface area contributed by atoms with Crippen LogP contribution in [0, 0.1) is 0 Å². The van der Waals surface area contributed by atoms with Crippen molar-refractivity contribution < 1.29 is 4.79 Å². The predicted molar refractivity (Wildman–Crippen MR) is 99.4 cm³/mol. The number of piperazine rings is 1. The van der Waals surface area contributed by atoms with Gasteiger partial charge in [0, 0.05) is 45.3 Å². The molecule has 2 amide bonds. The van der Waals surface area contributed by atoms with E-state index in [4.69, 9.17) is 0 Å². The van der Waals surface area contributed by atoms with Crippen LogP contribution in [0.5, 0.6) is 0 Å². The molecular formula is C20H30N4O. The molecule has 1 aliphatic carbocycles. The molecule has 1 aromatic carbocycles. The zero-order valence-electron chi connectivity index (χ0n) is 15.1. The Hall–Kier alpha value is -1.59. The molecule has 4 rings (SSSR count). The Labute approximate surface area is 151 Å². The standard InChI is InChI=1S/C20H30N4O/c25-20(24-13-11-23(12-14-24)19-7-8-19)21-15-17-3-5-18(6-4-17)16-22-9-1-2-10-22/h3-6,19H,1-2,7-16H2,(H,21,25). The number of hydrogen-bond acceptors (Lipinski definition) is 3. The van der Waals surface area contributed by atoms with Crippen LogP contribution in [0.25, 0.3) is 0 Å². The number of urea groups is 1. The van der Waals surface area contributed by atoms with Gasteiger partial charge in [-0.15, -0.1) is 0 Å². The van der Waals surface area contributed by atoms with Gasteiger partial charge in [0.1, 0.15) is 0 Å². The van der Waals surface area contributed by atoms with Gasteiger partial charge in [0.2, 0.25) is 0 Å². The van der Waals surface area contributed by atoms with Gasteiger partial charge in [-0.1, -0.05) is 24.3 Å². The molecule has 0 aromatic heterocycles. The van der Waals surface area contributed by atoms with Crippen LogP contribution >= 0.6 is 0 Å². The van der Waals surface area contributed by atoms with Gasteiger partial charge < -0.3 is 10.2 Å². The minimum Gasteiger partial charge on any atom is -0.334 e. The van der Waals surface area contributed by atoms with E-state index in [2.05, 4.69) is 39.4 Å². The second-order valence-electron chi connectivity index (χ2n) is 7.71. The predicted octanol–water partition coefficient (Wildman–Crippen LogP) is 2.27. The number of carbonyl (C=O) groups is 1. The highest BCUT2D eigenvalue weighted by Crippen LogP contribution is 2.27. The van der Waals surface area contributed by atoms with Gasteiger partial charge in [-0.25, -0.2) is 4.79 Å². The van der Waals surface area contributed by atoms with Crippen molar-refractivity contribution in [2.24, 2.45) is 0 Å². The molecule has 2 saturated heterocycles. The lowest BCUT2D eigenvalue weighted by molar-refractivity contribution is 0.134. The molecule has 0 atom stereocenters. The summed E-state index contributed by atoms with van der Waals surface area (Å²) in [7, 11) is 0. The summed E-state index contributed by atoms with van der Waals surface area (Å²) < 4.78 is 0. The van der Waals surface area contributed by atoms with Gasteiger partial charge >= 0.3 is 6.03 Å². The number of benzene rings is 1. The molecule has 0 unspecified atom stereocenters. The Morgan fingerprint density at radius 2 is 1.56 bits per heavy atom. The van der Waals surface area contributed by atoms with Crippen LogP contribution in [-0.4, -0.2) is 66.0 Å². The first-order chi connectivity index (χ1) is 12.3. The van der Waals surface area contributed by atoms with Crippen LogP contribution in [0.3, 0.4) is 0 Å². The summed E-state index contributed by atoms with van der Waals surface area (Å²) in [5, 5.41) is 3.08. The van der Waals surface area contributed by atoms with Crippen molar-refractivity contribution in [3.63, 3.8) is 0 Å². The van der Waals surface area contributed by atoms with E-state index in [9.17, 15) is 4.79 Å². The maximum Gasteiger partial charge on any atom is 0.317 e. The number of amides is 2. The summed E-state index contributed by atoms with van der Waals surface area (Å²) in [6.45, 7) is 7.90. The van der Waals surface area contributed by atoms with Crippen molar-refractivity contribution in [2.45, 2.75) is 44.8 Å². The highest BCUT2D eigenvalue weighted by Gasteiger charge is 2.32. The summed E-state index contributed by atoms with van der Waals surface area (Å²) in [4.78, 5) is 19.4. The van der Waals surface area contributed by atoms with Crippen molar-refractivity contribution in [1.29, 1.82) is 0 Å². The van der Waals surface area contributed by atoms with Crippen molar-refractivity contribution in [3.8, 4) is 0 Å². The maximum absolute atomic E-state index is 12.4. The van der Waals surface area contributed by atoms with Gasteiger partial charge in [-0.05, 0) is 49.9 Å². The zero-order valence-corrected chi connectivity index (χ0v) is 15.1. The average molecular weight is 342 g/mol. The Morgan fingerprint density at radius 1 is 0.920 bits per heavy atom. The molecular weight excluding hydrogens is 312 g/mol. The second-order valence-corrected chi connectivity index (χ2v) is 7.71. The summed E-state index contributed by atoms with van der Waals surface area (Å²) >= 11 is 0. The minimum absolute atomic E-state index is 0.0802. The Balaban J connectivity index is 1.20. The van der Waals surface area contributed by atoms with Crippen LogP contribution in [0.4, 0.5) is 4.79 Å². The molecule has 3 aliphatic rings. The largest absolute Gasteiger partial charge is 0.334 e. The Kier molecular flexibility index (Phi) is 5.22. The van der Waals surface area contributed by atoms with Crippen LogP contribution in [0.2, 0.25) is 0 Å². The van der Waals surface area contributed by atoms with E-state index in [-0.39, 0.29) is 6.03 Å². The second kappa shape index (κ2) is 7.75. The van der Waals surface area contributed by atoms with E-state index >= 15 is 0 Å². The van der Waals surface area contributed by atoms with E-state index in [0.29, 0.717) is 6.54 Å². The molecule has 0 radical (unpaired) electrons. The molecule has 0 spiro atoms. The highest BCUT2D eigenvalue weighted by atomic mass is 16.2. The first kappa shape index (κ1) is 16.9. The third kappa shape index (κ3) is 4.53. The molecule has 1 N–H and O–H groups in total. The fourth-order valence-corrected chi connectivity index (χ4v) is 3.98. The Bertz CT molecular complexity index is 570. The number of rotatable bonds is 5. The molecule has 25 heavy (non-hydrogen) atoms. The summed E-state index contributed by atoms with van der Waals surface area (Å²) in [5.41, 5.74) is 2.54. The van der Waals surface area contributed by atoms with E-state index < -0.39 is 0 Å². The van der Waals surface area contributed by atoms with Gasteiger partial charge in [-0.2, -0.15) is 0 Å². The van der Waals surface area contributed by atoms with E-state index in [1.807, 2.05) is 4.90 Å². The van der Waals surface area contributed by atoms with E-state index in [1.54, 1.807) is 0 Å². The first-order valence-electron chi connectivity index (χ1n) is 9.85. The number of nitrogens with zero attached hydrogens (tertiary/aromatic N) is 3. The van der Waals surface area contributed by atoms with Crippen molar-refractivity contribution >= 4 is 6.03 Å². The molecule has 5 nitrogen and oxygen atoms in total. The number of nitrogens with one attached hydrogen (secondary N) is 1. The molecule has 3 fully saturated rings. The number of carbonyl (C=O) groups excluding carboxylic acids is 1. The molecule has 136 valence electrons. The van der Waals surface area contributed by atoms with Gasteiger partial charge in [0.05, 0.1) is 0 Å². The zero-order chi connectivity index (χ0) is 17.1. The smallest absolute Gasteiger partial charge is 0.317 e. The monoisotopic (exact) mass is 342 g/mol.